The number of rotatable bonds is 8. The summed E-state index contributed by atoms with van der Waals surface area (Å²) in [7, 11) is 1.80. The molecule has 0 aliphatic heterocycles. The van der Waals surface area contributed by atoms with Crippen molar-refractivity contribution in [1.29, 1.82) is 5.41 Å². The number of nitrogens with zero attached hydrogens (tertiary/aromatic N) is 2. The van der Waals surface area contributed by atoms with Gasteiger partial charge in [-0.25, -0.2) is 4.98 Å². The molecule has 0 atom stereocenters. The lowest BCUT2D eigenvalue weighted by molar-refractivity contribution is -0.117. The molecule has 0 unspecified atom stereocenters. The first-order chi connectivity index (χ1) is 12.1. The molecule has 0 bridgehead atoms. The van der Waals surface area contributed by atoms with Gasteiger partial charge in [0, 0.05) is 36.6 Å². The van der Waals surface area contributed by atoms with Crippen molar-refractivity contribution in [3.05, 3.63) is 42.2 Å². The number of hydrogen-bond donors (Lipinski definition) is 3. The van der Waals surface area contributed by atoms with Crippen molar-refractivity contribution in [3.63, 3.8) is 0 Å². The van der Waals surface area contributed by atoms with E-state index < -0.39 is 0 Å². The minimum absolute atomic E-state index is 0.0676. The zero-order valence-electron chi connectivity index (χ0n) is 15.0. The van der Waals surface area contributed by atoms with Crippen LogP contribution in [0.2, 0.25) is 0 Å². The Labute approximate surface area is 148 Å². The number of nitrogens with one attached hydrogen (secondary N) is 3. The van der Waals surface area contributed by atoms with Gasteiger partial charge in [0.25, 0.3) is 0 Å². The molecule has 3 N–H and O–H groups in total. The Bertz CT molecular complexity index is 780. The summed E-state index contributed by atoms with van der Waals surface area (Å²) in [6.45, 7) is 6.10. The number of amides is 1. The second kappa shape index (κ2) is 8.94. The van der Waals surface area contributed by atoms with Gasteiger partial charge in [0.15, 0.2) is 0 Å². The molecule has 0 aliphatic carbocycles. The summed E-state index contributed by atoms with van der Waals surface area (Å²) in [4.78, 5) is 18.5. The van der Waals surface area contributed by atoms with Crippen molar-refractivity contribution in [2.45, 2.75) is 13.8 Å². The molecule has 1 aromatic heterocycles. The van der Waals surface area contributed by atoms with Crippen molar-refractivity contribution >= 4 is 34.3 Å². The lowest BCUT2D eigenvalue weighted by Crippen LogP contribution is -2.33. The minimum atomic E-state index is -0.0676. The molecule has 1 aromatic carbocycles. The fourth-order valence-electron chi connectivity index (χ4n) is 2.59. The van der Waals surface area contributed by atoms with Crippen LogP contribution in [0.4, 0.5) is 5.82 Å². The first kappa shape index (κ1) is 18.6. The molecule has 6 heteroatoms. The summed E-state index contributed by atoms with van der Waals surface area (Å²) in [6.07, 6.45) is 4.84. The lowest BCUT2D eigenvalue weighted by Gasteiger charge is -2.17. The van der Waals surface area contributed by atoms with E-state index in [1.807, 2.05) is 43.0 Å². The number of carbonyl (C=O) groups excluding carboxylic acids is 1. The average molecular weight is 339 g/mol. The van der Waals surface area contributed by atoms with Crippen LogP contribution in [-0.2, 0) is 4.79 Å². The van der Waals surface area contributed by atoms with Crippen molar-refractivity contribution in [3.8, 4) is 0 Å². The van der Waals surface area contributed by atoms with Crippen molar-refractivity contribution in [2.75, 3.05) is 32.0 Å². The molecule has 1 amide bonds. The van der Waals surface area contributed by atoms with Gasteiger partial charge in [-0.2, -0.15) is 0 Å². The Kier molecular flexibility index (Phi) is 6.65. The van der Waals surface area contributed by atoms with E-state index in [1.54, 1.807) is 19.4 Å². The summed E-state index contributed by atoms with van der Waals surface area (Å²) >= 11 is 0. The number of likely N-dealkylation sites (N-methyl/N-ethyl adjacent to an activating group) is 1. The molecule has 6 nitrogen and oxygen atoms in total. The van der Waals surface area contributed by atoms with E-state index >= 15 is 0 Å². The molecule has 0 spiro atoms. The van der Waals surface area contributed by atoms with Gasteiger partial charge in [0.2, 0.25) is 5.91 Å². The van der Waals surface area contributed by atoms with Gasteiger partial charge in [-0.05, 0) is 36.2 Å². The summed E-state index contributed by atoms with van der Waals surface area (Å²) in [5, 5.41) is 15.3. The zero-order valence-corrected chi connectivity index (χ0v) is 15.0. The number of fused-ring (bicyclic) bond motifs is 1. The summed E-state index contributed by atoms with van der Waals surface area (Å²) in [6, 6.07) is 7.77. The van der Waals surface area contributed by atoms with Gasteiger partial charge in [-0.3, -0.25) is 9.69 Å². The fourth-order valence-corrected chi connectivity index (χ4v) is 2.59. The number of benzene rings is 1. The highest BCUT2D eigenvalue weighted by Crippen LogP contribution is 2.22. The normalized spacial score (nSPS) is 11.6. The number of anilines is 1. The summed E-state index contributed by atoms with van der Waals surface area (Å²) in [5.41, 5.74) is 1.72. The van der Waals surface area contributed by atoms with Crippen LogP contribution < -0.4 is 10.6 Å². The van der Waals surface area contributed by atoms with E-state index in [2.05, 4.69) is 15.6 Å². The number of hydrogen-bond acceptors (Lipinski definition) is 5. The van der Waals surface area contributed by atoms with Crippen molar-refractivity contribution in [2.24, 2.45) is 0 Å². The molecule has 0 fully saturated rings. The maximum atomic E-state index is 12.1. The number of pyridine rings is 1. The smallest absolute Gasteiger partial charge is 0.239 e. The summed E-state index contributed by atoms with van der Waals surface area (Å²) in [5.74, 6) is 0.470. The Hall–Kier alpha value is -2.73. The number of aromatic nitrogens is 1. The van der Waals surface area contributed by atoms with Gasteiger partial charge in [0.1, 0.15) is 5.82 Å². The standard InChI is InChI=1S/C19H25N5O/c1-4-24(5-2)13-19(25)23-18-9-16-8-14(17(10-20)11-21-3)6-7-15(16)12-22-18/h6-12,20-21H,4-5,13H2,1-3H3,(H,22,23,25)/b17-11+,20-10?. The van der Waals surface area contributed by atoms with E-state index in [0.29, 0.717) is 12.4 Å². The van der Waals surface area contributed by atoms with E-state index in [1.165, 1.54) is 6.21 Å². The Morgan fingerprint density at radius 2 is 2.00 bits per heavy atom. The first-order valence-corrected chi connectivity index (χ1v) is 8.41. The monoisotopic (exact) mass is 339 g/mol. The maximum absolute atomic E-state index is 12.1. The second-order valence-corrected chi connectivity index (χ2v) is 5.67. The highest BCUT2D eigenvalue weighted by atomic mass is 16.2. The molecule has 2 aromatic rings. The van der Waals surface area contributed by atoms with Gasteiger partial charge < -0.3 is 16.0 Å². The Morgan fingerprint density at radius 1 is 1.24 bits per heavy atom. The molecule has 132 valence electrons. The topological polar surface area (TPSA) is 81.1 Å². The first-order valence-electron chi connectivity index (χ1n) is 8.41. The fraction of sp³-hybridized carbons (Fsp3) is 0.316. The van der Waals surface area contributed by atoms with Crippen LogP contribution >= 0.6 is 0 Å². The SMILES string of the molecule is CCN(CC)CC(=O)Nc1cc2cc(/C(C=N)=C/NC)ccc2cn1. The molecule has 0 aliphatic rings. The van der Waals surface area contributed by atoms with Gasteiger partial charge in [0.05, 0.1) is 6.54 Å². The zero-order chi connectivity index (χ0) is 18.2. The van der Waals surface area contributed by atoms with E-state index in [9.17, 15) is 4.79 Å². The van der Waals surface area contributed by atoms with Crippen molar-refractivity contribution in [1.82, 2.24) is 15.2 Å². The average Bonchev–Trinajstić information content (AvgIpc) is 2.63. The van der Waals surface area contributed by atoms with E-state index in [4.69, 9.17) is 5.41 Å². The van der Waals surface area contributed by atoms with E-state index in [-0.39, 0.29) is 5.91 Å². The largest absolute Gasteiger partial charge is 0.393 e. The van der Waals surface area contributed by atoms with Crippen LogP contribution in [0, 0.1) is 5.41 Å². The van der Waals surface area contributed by atoms with Gasteiger partial charge >= 0.3 is 0 Å². The van der Waals surface area contributed by atoms with Crippen LogP contribution in [0.5, 0.6) is 0 Å². The quantitative estimate of drug-likeness (QED) is 0.646. The molecule has 0 saturated heterocycles. The third-order valence-electron chi connectivity index (χ3n) is 4.04. The van der Waals surface area contributed by atoms with Crippen LogP contribution in [0.3, 0.4) is 0 Å². The maximum Gasteiger partial charge on any atom is 0.239 e. The molecule has 2 rings (SSSR count). The predicted molar refractivity (Wildman–Crippen MR) is 104 cm³/mol. The molecule has 0 saturated carbocycles. The van der Waals surface area contributed by atoms with Crippen molar-refractivity contribution < 1.29 is 4.79 Å². The van der Waals surface area contributed by atoms with Crippen LogP contribution in [-0.4, -0.2) is 48.7 Å². The van der Waals surface area contributed by atoms with Crippen LogP contribution in [0.25, 0.3) is 16.3 Å². The highest BCUT2D eigenvalue weighted by molar-refractivity contribution is 6.09. The predicted octanol–water partition coefficient (Wildman–Crippen LogP) is 2.72. The van der Waals surface area contributed by atoms with Crippen LogP contribution in [0.1, 0.15) is 19.4 Å². The third kappa shape index (κ3) is 4.87. The highest BCUT2D eigenvalue weighted by Gasteiger charge is 2.09. The third-order valence-corrected chi connectivity index (χ3v) is 4.04. The summed E-state index contributed by atoms with van der Waals surface area (Å²) < 4.78 is 0. The number of allylic oxidation sites excluding steroid dienone is 1. The second-order valence-electron chi connectivity index (χ2n) is 5.67. The minimum Gasteiger partial charge on any atom is -0.393 e. The van der Waals surface area contributed by atoms with Gasteiger partial charge in [-0.1, -0.05) is 26.0 Å². The molecule has 0 radical (unpaired) electrons. The Morgan fingerprint density at radius 3 is 2.64 bits per heavy atom. The van der Waals surface area contributed by atoms with E-state index in [0.717, 1.165) is 35.0 Å². The molecular formula is C19H25N5O. The van der Waals surface area contributed by atoms with Gasteiger partial charge in [-0.15, -0.1) is 0 Å². The molecule has 25 heavy (non-hydrogen) atoms. The Balaban J connectivity index is 2.24. The lowest BCUT2D eigenvalue weighted by atomic mass is 10.0. The molecule has 1 heterocycles. The number of carbonyl (C=O) groups is 1. The molecular weight excluding hydrogens is 314 g/mol. The van der Waals surface area contributed by atoms with Crippen LogP contribution in [0.15, 0.2) is 36.7 Å².